The van der Waals surface area contributed by atoms with Gasteiger partial charge in [-0.15, -0.1) is 5.10 Å². The van der Waals surface area contributed by atoms with Crippen LogP contribution in [0.25, 0.3) is 22.2 Å². The van der Waals surface area contributed by atoms with Crippen LogP contribution in [0.5, 0.6) is 0 Å². The predicted octanol–water partition coefficient (Wildman–Crippen LogP) is 3.12. The van der Waals surface area contributed by atoms with Crippen molar-refractivity contribution < 1.29 is 4.79 Å². The van der Waals surface area contributed by atoms with Crippen molar-refractivity contribution in [1.82, 2.24) is 24.9 Å². The molecule has 0 radical (unpaired) electrons. The number of likely N-dealkylation sites (tertiary alicyclic amines) is 1. The zero-order valence-electron chi connectivity index (χ0n) is 14.0. The smallest absolute Gasteiger partial charge is 0.254 e. The number of nitrogens with one attached hydrogen (secondary N) is 1. The molecule has 4 aromatic rings. The molecule has 1 aliphatic rings. The maximum absolute atomic E-state index is 12.7. The number of aromatic nitrogens is 4. The Morgan fingerprint density at radius 1 is 1.08 bits per heavy atom. The lowest BCUT2D eigenvalue weighted by atomic mass is 10.1. The number of benzene rings is 2. The van der Waals surface area contributed by atoms with Gasteiger partial charge in [0, 0.05) is 35.9 Å². The van der Waals surface area contributed by atoms with Gasteiger partial charge in [-0.25, -0.2) is 4.68 Å². The molecule has 1 N–H and O–H groups in total. The van der Waals surface area contributed by atoms with Crippen LogP contribution < -0.4 is 0 Å². The largest absolute Gasteiger partial charge is 0.361 e. The van der Waals surface area contributed by atoms with Gasteiger partial charge in [-0.05, 0) is 23.6 Å². The van der Waals surface area contributed by atoms with Crippen LogP contribution in [0.4, 0.5) is 0 Å². The Bertz CT molecular complexity index is 1080. The molecule has 5 rings (SSSR count). The molecule has 0 spiro atoms. The number of carbonyl (C=O) groups excluding carboxylic acids is 1. The van der Waals surface area contributed by atoms with Gasteiger partial charge in [-0.1, -0.05) is 41.6 Å². The second-order valence-corrected chi connectivity index (χ2v) is 6.59. The van der Waals surface area contributed by atoms with Crippen LogP contribution in [0.15, 0.2) is 67.0 Å². The Morgan fingerprint density at radius 2 is 1.92 bits per heavy atom. The lowest BCUT2D eigenvalue weighted by Gasteiger charge is -2.38. The third-order valence-corrected chi connectivity index (χ3v) is 4.91. The average molecular weight is 343 g/mol. The van der Waals surface area contributed by atoms with Crippen molar-refractivity contribution in [3.8, 4) is 11.3 Å². The Kier molecular flexibility index (Phi) is 3.35. The maximum Gasteiger partial charge on any atom is 0.254 e. The lowest BCUT2D eigenvalue weighted by molar-refractivity contribution is 0.0498. The topological polar surface area (TPSA) is 66.8 Å². The molecule has 0 bridgehead atoms. The van der Waals surface area contributed by atoms with Gasteiger partial charge in [0.05, 0.1) is 12.2 Å². The summed E-state index contributed by atoms with van der Waals surface area (Å²) in [5.41, 5.74) is 3.59. The Balaban J connectivity index is 1.28. The molecular formula is C20H17N5O. The zero-order chi connectivity index (χ0) is 17.5. The lowest BCUT2D eigenvalue weighted by Crippen LogP contribution is -2.50. The molecule has 0 saturated carbocycles. The Labute approximate surface area is 150 Å². The van der Waals surface area contributed by atoms with E-state index >= 15 is 0 Å². The summed E-state index contributed by atoms with van der Waals surface area (Å²) >= 11 is 0. The fraction of sp³-hybridized carbons (Fsp3) is 0.150. The van der Waals surface area contributed by atoms with Gasteiger partial charge in [0.25, 0.3) is 5.91 Å². The first-order valence-corrected chi connectivity index (χ1v) is 8.61. The molecule has 1 amide bonds. The van der Waals surface area contributed by atoms with Crippen molar-refractivity contribution in [3.63, 3.8) is 0 Å². The highest BCUT2D eigenvalue weighted by Crippen LogP contribution is 2.25. The number of carbonyl (C=O) groups is 1. The number of nitrogens with zero attached hydrogens (tertiary/aromatic N) is 4. The molecule has 1 fully saturated rings. The summed E-state index contributed by atoms with van der Waals surface area (Å²) in [5.74, 6) is 0.0566. The first-order chi connectivity index (χ1) is 12.8. The number of rotatable bonds is 3. The van der Waals surface area contributed by atoms with Gasteiger partial charge >= 0.3 is 0 Å². The highest BCUT2D eigenvalue weighted by atomic mass is 16.2. The van der Waals surface area contributed by atoms with Gasteiger partial charge in [-0.3, -0.25) is 4.79 Å². The molecule has 0 unspecified atom stereocenters. The maximum atomic E-state index is 12.7. The summed E-state index contributed by atoms with van der Waals surface area (Å²) < 4.78 is 1.86. The molecule has 6 heteroatoms. The minimum Gasteiger partial charge on any atom is -0.361 e. The molecular weight excluding hydrogens is 326 g/mol. The number of aromatic amines is 1. The third kappa shape index (κ3) is 2.47. The second kappa shape index (κ2) is 5.84. The first-order valence-electron chi connectivity index (χ1n) is 8.61. The van der Waals surface area contributed by atoms with Crippen LogP contribution in [0.1, 0.15) is 16.4 Å². The van der Waals surface area contributed by atoms with Gasteiger partial charge < -0.3 is 9.88 Å². The normalized spacial score (nSPS) is 14.5. The van der Waals surface area contributed by atoms with E-state index in [1.807, 2.05) is 76.6 Å². The van der Waals surface area contributed by atoms with E-state index in [1.54, 1.807) is 0 Å². The summed E-state index contributed by atoms with van der Waals surface area (Å²) in [6.07, 6.45) is 3.83. The number of fused-ring (bicyclic) bond motifs is 1. The van der Waals surface area contributed by atoms with Crippen molar-refractivity contribution in [2.75, 3.05) is 13.1 Å². The summed E-state index contributed by atoms with van der Waals surface area (Å²) in [6, 6.07) is 17.9. The van der Waals surface area contributed by atoms with Crippen molar-refractivity contribution in [2.45, 2.75) is 6.04 Å². The summed E-state index contributed by atoms with van der Waals surface area (Å²) in [7, 11) is 0. The molecule has 0 aliphatic carbocycles. The molecule has 0 atom stereocenters. The molecule has 1 aliphatic heterocycles. The van der Waals surface area contributed by atoms with Crippen LogP contribution in [-0.4, -0.2) is 43.9 Å². The van der Waals surface area contributed by atoms with Crippen molar-refractivity contribution in [2.24, 2.45) is 0 Å². The van der Waals surface area contributed by atoms with Crippen molar-refractivity contribution in [1.29, 1.82) is 0 Å². The van der Waals surface area contributed by atoms with Crippen LogP contribution >= 0.6 is 0 Å². The van der Waals surface area contributed by atoms with E-state index in [4.69, 9.17) is 0 Å². The Morgan fingerprint density at radius 3 is 2.77 bits per heavy atom. The fourth-order valence-corrected chi connectivity index (χ4v) is 3.35. The third-order valence-electron chi connectivity index (χ3n) is 4.91. The Hall–Kier alpha value is -3.41. The molecule has 1 saturated heterocycles. The molecule has 128 valence electrons. The van der Waals surface area contributed by atoms with E-state index in [0.29, 0.717) is 18.7 Å². The average Bonchev–Trinajstić information content (AvgIpc) is 3.30. The van der Waals surface area contributed by atoms with Crippen molar-refractivity contribution >= 4 is 16.8 Å². The quantitative estimate of drug-likeness (QED) is 0.621. The van der Waals surface area contributed by atoms with E-state index in [1.165, 1.54) is 0 Å². The first kappa shape index (κ1) is 14.9. The highest BCUT2D eigenvalue weighted by Gasteiger charge is 2.33. The molecule has 3 heterocycles. The van der Waals surface area contributed by atoms with Gasteiger partial charge in [0.2, 0.25) is 0 Å². The standard InChI is InChI=1S/C20H17N5O/c26-20(16-7-6-15-8-9-21-18(15)10-16)24-11-17(12-24)25-13-19(22-23-25)14-4-2-1-3-5-14/h1-10,13,17,21H,11-12H2. The van der Waals surface area contributed by atoms with Crippen LogP contribution in [0.2, 0.25) is 0 Å². The number of hydrogen-bond donors (Lipinski definition) is 1. The highest BCUT2D eigenvalue weighted by molar-refractivity contribution is 5.98. The number of amides is 1. The minimum absolute atomic E-state index is 0.0566. The molecule has 6 nitrogen and oxygen atoms in total. The van der Waals surface area contributed by atoms with Gasteiger partial charge in [0.1, 0.15) is 5.69 Å². The van der Waals surface area contributed by atoms with E-state index in [2.05, 4.69) is 15.3 Å². The predicted molar refractivity (Wildman–Crippen MR) is 98.7 cm³/mol. The van der Waals surface area contributed by atoms with E-state index in [-0.39, 0.29) is 11.9 Å². The summed E-state index contributed by atoms with van der Waals surface area (Å²) in [5, 5.41) is 9.60. The van der Waals surface area contributed by atoms with E-state index < -0.39 is 0 Å². The van der Waals surface area contributed by atoms with Crippen LogP contribution in [0.3, 0.4) is 0 Å². The van der Waals surface area contributed by atoms with Gasteiger partial charge in [0.15, 0.2) is 0 Å². The van der Waals surface area contributed by atoms with Crippen molar-refractivity contribution in [3.05, 3.63) is 72.6 Å². The van der Waals surface area contributed by atoms with E-state index in [9.17, 15) is 4.79 Å². The minimum atomic E-state index is 0.0566. The summed E-state index contributed by atoms with van der Waals surface area (Å²) in [4.78, 5) is 17.7. The second-order valence-electron chi connectivity index (χ2n) is 6.59. The molecule has 26 heavy (non-hydrogen) atoms. The van der Waals surface area contributed by atoms with Crippen LogP contribution in [0, 0.1) is 0 Å². The summed E-state index contributed by atoms with van der Waals surface area (Å²) in [6.45, 7) is 1.30. The fourth-order valence-electron chi connectivity index (χ4n) is 3.35. The van der Waals surface area contributed by atoms with Crippen LogP contribution in [-0.2, 0) is 0 Å². The van der Waals surface area contributed by atoms with E-state index in [0.717, 1.165) is 22.2 Å². The zero-order valence-corrected chi connectivity index (χ0v) is 14.0. The SMILES string of the molecule is O=C(c1ccc2cc[nH]c2c1)N1CC(n2cc(-c3ccccc3)nn2)C1. The monoisotopic (exact) mass is 343 g/mol. The molecule has 2 aromatic heterocycles. The number of hydrogen-bond acceptors (Lipinski definition) is 3. The molecule has 2 aromatic carbocycles. The van der Waals surface area contributed by atoms with Gasteiger partial charge in [-0.2, -0.15) is 0 Å². The number of H-pyrrole nitrogens is 1.